The van der Waals surface area contributed by atoms with Crippen LogP contribution in [0, 0.1) is 5.92 Å². The topological polar surface area (TPSA) is 50.8 Å². The van der Waals surface area contributed by atoms with Crippen molar-refractivity contribution in [1.29, 1.82) is 0 Å². The van der Waals surface area contributed by atoms with Gasteiger partial charge < -0.3 is 19.7 Å². The molecule has 1 aromatic carbocycles. The van der Waals surface area contributed by atoms with Gasteiger partial charge in [0.05, 0.1) is 18.7 Å². The number of amides is 1. The maximum absolute atomic E-state index is 12.8. The molecule has 0 bridgehead atoms. The van der Waals surface area contributed by atoms with Gasteiger partial charge in [-0.1, -0.05) is 25.4 Å². The van der Waals surface area contributed by atoms with E-state index in [1.807, 2.05) is 11.9 Å². The molecular weight excluding hydrogens is 340 g/mol. The second-order valence-electron chi connectivity index (χ2n) is 6.88. The van der Waals surface area contributed by atoms with Crippen LogP contribution in [0.5, 0.6) is 11.5 Å². The van der Waals surface area contributed by atoms with Crippen molar-refractivity contribution < 1.29 is 14.3 Å². The molecule has 6 heteroatoms. The van der Waals surface area contributed by atoms with Crippen molar-refractivity contribution in [3.63, 3.8) is 0 Å². The van der Waals surface area contributed by atoms with Gasteiger partial charge in [-0.3, -0.25) is 4.79 Å². The van der Waals surface area contributed by atoms with Crippen LogP contribution in [0.4, 0.5) is 0 Å². The number of piperidine rings is 1. The van der Waals surface area contributed by atoms with Gasteiger partial charge in [-0.05, 0) is 44.4 Å². The van der Waals surface area contributed by atoms with Crippen molar-refractivity contribution in [1.82, 2.24) is 10.2 Å². The van der Waals surface area contributed by atoms with Gasteiger partial charge >= 0.3 is 0 Å². The molecule has 1 aliphatic rings. The van der Waals surface area contributed by atoms with Crippen molar-refractivity contribution in [2.24, 2.45) is 5.92 Å². The Bertz CT molecular complexity index is 584. The lowest BCUT2D eigenvalue weighted by molar-refractivity contribution is 0.0707. The number of halogens is 1. The van der Waals surface area contributed by atoms with Gasteiger partial charge in [0.25, 0.3) is 5.91 Å². The number of hydrogen-bond acceptors (Lipinski definition) is 4. The lowest BCUT2D eigenvalue weighted by atomic mass is 10.0. The number of nitrogens with one attached hydrogen (secondary N) is 1. The largest absolute Gasteiger partial charge is 0.493 e. The molecule has 0 spiro atoms. The van der Waals surface area contributed by atoms with Crippen molar-refractivity contribution in [3.05, 3.63) is 22.7 Å². The van der Waals surface area contributed by atoms with Crippen LogP contribution in [0.25, 0.3) is 0 Å². The first-order valence-corrected chi connectivity index (χ1v) is 9.31. The molecule has 0 unspecified atom stereocenters. The third-order valence-corrected chi connectivity index (χ3v) is 4.89. The summed E-state index contributed by atoms with van der Waals surface area (Å²) >= 11 is 6.37. The Morgan fingerprint density at radius 2 is 2.04 bits per heavy atom. The number of rotatable bonds is 7. The molecule has 1 N–H and O–H groups in total. The van der Waals surface area contributed by atoms with Crippen LogP contribution in [0.1, 0.15) is 43.5 Å². The zero-order valence-corrected chi connectivity index (χ0v) is 16.4. The van der Waals surface area contributed by atoms with E-state index in [0.29, 0.717) is 40.7 Å². The average Bonchev–Trinajstić information content (AvgIpc) is 2.61. The van der Waals surface area contributed by atoms with E-state index in [2.05, 4.69) is 19.2 Å². The molecule has 1 saturated heterocycles. The van der Waals surface area contributed by atoms with Crippen LogP contribution >= 0.6 is 11.6 Å². The van der Waals surface area contributed by atoms with Crippen molar-refractivity contribution in [3.8, 4) is 11.5 Å². The normalized spacial score (nSPS) is 15.5. The minimum absolute atomic E-state index is 0.0107. The molecular formula is C19H29ClN2O3. The second kappa shape index (κ2) is 9.30. The van der Waals surface area contributed by atoms with Crippen LogP contribution in [0.2, 0.25) is 5.02 Å². The van der Waals surface area contributed by atoms with Gasteiger partial charge in [-0.15, -0.1) is 0 Å². The summed E-state index contributed by atoms with van der Waals surface area (Å²) in [6, 6.07) is 3.89. The monoisotopic (exact) mass is 368 g/mol. The van der Waals surface area contributed by atoms with Gasteiger partial charge in [0.2, 0.25) is 0 Å². The summed E-state index contributed by atoms with van der Waals surface area (Å²) in [4.78, 5) is 14.7. The highest BCUT2D eigenvalue weighted by Crippen LogP contribution is 2.37. The highest BCUT2D eigenvalue weighted by Gasteiger charge is 2.24. The van der Waals surface area contributed by atoms with Crippen LogP contribution in [-0.4, -0.2) is 50.7 Å². The number of benzene rings is 1. The predicted molar refractivity (Wildman–Crippen MR) is 101 cm³/mol. The van der Waals surface area contributed by atoms with Gasteiger partial charge in [0, 0.05) is 24.7 Å². The molecule has 25 heavy (non-hydrogen) atoms. The first-order chi connectivity index (χ1) is 12.0. The maximum Gasteiger partial charge on any atom is 0.254 e. The number of ether oxygens (including phenoxy) is 2. The zero-order chi connectivity index (χ0) is 18.4. The SMILES string of the molecule is CNC1CCN(C(=O)c2cc(Cl)c(OCCC(C)C)c(OC)c2)CC1. The van der Waals surface area contributed by atoms with Crippen LogP contribution in [0.15, 0.2) is 12.1 Å². The minimum atomic E-state index is -0.0107. The summed E-state index contributed by atoms with van der Waals surface area (Å²) in [5.41, 5.74) is 0.543. The van der Waals surface area contributed by atoms with E-state index in [-0.39, 0.29) is 5.91 Å². The molecule has 1 fully saturated rings. The fourth-order valence-electron chi connectivity index (χ4n) is 2.93. The summed E-state index contributed by atoms with van der Waals surface area (Å²) in [7, 11) is 3.53. The van der Waals surface area contributed by atoms with Crippen molar-refractivity contribution >= 4 is 17.5 Å². The number of hydrogen-bond donors (Lipinski definition) is 1. The Kier molecular flexibility index (Phi) is 7.38. The van der Waals surface area contributed by atoms with E-state index >= 15 is 0 Å². The fourth-order valence-corrected chi connectivity index (χ4v) is 3.20. The quantitative estimate of drug-likeness (QED) is 0.799. The molecule has 5 nitrogen and oxygen atoms in total. The molecule has 1 aromatic rings. The summed E-state index contributed by atoms with van der Waals surface area (Å²) < 4.78 is 11.2. The second-order valence-corrected chi connectivity index (χ2v) is 7.28. The Labute approximate surface area is 155 Å². The number of nitrogens with zero attached hydrogens (tertiary/aromatic N) is 1. The zero-order valence-electron chi connectivity index (χ0n) is 15.6. The Morgan fingerprint density at radius 1 is 1.36 bits per heavy atom. The number of methoxy groups -OCH3 is 1. The van der Waals surface area contributed by atoms with Crippen LogP contribution < -0.4 is 14.8 Å². The summed E-state index contributed by atoms with van der Waals surface area (Å²) in [6.45, 7) is 6.34. The molecule has 1 heterocycles. The first-order valence-electron chi connectivity index (χ1n) is 8.93. The van der Waals surface area contributed by atoms with E-state index in [9.17, 15) is 4.79 Å². The van der Waals surface area contributed by atoms with Crippen molar-refractivity contribution in [2.75, 3.05) is 33.9 Å². The van der Waals surface area contributed by atoms with Gasteiger partial charge in [0.1, 0.15) is 0 Å². The van der Waals surface area contributed by atoms with E-state index in [4.69, 9.17) is 21.1 Å². The minimum Gasteiger partial charge on any atom is -0.493 e. The highest BCUT2D eigenvalue weighted by atomic mass is 35.5. The molecule has 0 aromatic heterocycles. The Morgan fingerprint density at radius 3 is 2.60 bits per heavy atom. The molecule has 1 amide bonds. The van der Waals surface area contributed by atoms with E-state index < -0.39 is 0 Å². The van der Waals surface area contributed by atoms with Gasteiger partial charge in [-0.25, -0.2) is 0 Å². The number of likely N-dealkylation sites (tertiary alicyclic amines) is 1. The predicted octanol–water partition coefficient (Wildman–Crippen LogP) is 3.60. The molecule has 0 radical (unpaired) electrons. The van der Waals surface area contributed by atoms with Gasteiger partial charge in [-0.2, -0.15) is 0 Å². The molecule has 0 aliphatic carbocycles. The summed E-state index contributed by atoms with van der Waals surface area (Å²) in [6.07, 6.45) is 2.85. The molecule has 2 rings (SSSR count). The third kappa shape index (κ3) is 5.25. The third-order valence-electron chi connectivity index (χ3n) is 4.61. The van der Waals surface area contributed by atoms with E-state index in [1.54, 1.807) is 19.2 Å². The Balaban J connectivity index is 2.11. The fraction of sp³-hybridized carbons (Fsp3) is 0.632. The lowest BCUT2D eigenvalue weighted by Crippen LogP contribution is -2.43. The lowest BCUT2D eigenvalue weighted by Gasteiger charge is -2.32. The molecule has 0 atom stereocenters. The number of carbonyl (C=O) groups excluding carboxylic acids is 1. The molecule has 1 aliphatic heterocycles. The number of carbonyl (C=O) groups is 1. The smallest absolute Gasteiger partial charge is 0.254 e. The van der Waals surface area contributed by atoms with Crippen LogP contribution in [-0.2, 0) is 0 Å². The van der Waals surface area contributed by atoms with Gasteiger partial charge in [0.15, 0.2) is 11.5 Å². The van der Waals surface area contributed by atoms with E-state index in [1.165, 1.54) is 0 Å². The Hall–Kier alpha value is -1.46. The summed E-state index contributed by atoms with van der Waals surface area (Å²) in [5.74, 6) is 1.55. The van der Waals surface area contributed by atoms with E-state index in [0.717, 1.165) is 32.4 Å². The first kappa shape index (κ1) is 19.9. The highest BCUT2D eigenvalue weighted by molar-refractivity contribution is 6.32. The molecule has 0 saturated carbocycles. The summed E-state index contributed by atoms with van der Waals surface area (Å²) in [5, 5.41) is 3.68. The van der Waals surface area contributed by atoms with Crippen molar-refractivity contribution in [2.45, 2.75) is 39.2 Å². The average molecular weight is 369 g/mol. The molecule has 140 valence electrons. The standard InChI is InChI=1S/C19H29ClN2O3/c1-13(2)7-10-25-18-16(20)11-14(12-17(18)24-4)19(23)22-8-5-15(21-3)6-9-22/h11-13,15,21H,5-10H2,1-4H3. The van der Waals surface area contributed by atoms with Crippen LogP contribution in [0.3, 0.4) is 0 Å². The maximum atomic E-state index is 12.8.